The first-order valence-corrected chi connectivity index (χ1v) is 6.44. The third-order valence-electron chi connectivity index (χ3n) is 3.21. The maximum Gasteiger partial charge on any atom is 0.255 e. The molecule has 0 aliphatic carbocycles. The van der Waals surface area contributed by atoms with Gasteiger partial charge in [0, 0.05) is 16.9 Å². The normalized spacial score (nSPS) is 10.3. The molecule has 0 radical (unpaired) electrons. The summed E-state index contributed by atoms with van der Waals surface area (Å²) in [6.45, 7) is 3.73. The Balaban J connectivity index is 2.30. The molecular formula is C16H17FN2O2. The number of benzene rings is 2. The van der Waals surface area contributed by atoms with Crippen LogP contribution >= 0.6 is 0 Å². The molecule has 0 fully saturated rings. The molecule has 0 saturated heterocycles. The molecule has 0 unspecified atom stereocenters. The van der Waals surface area contributed by atoms with Crippen LogP contribution in [0.1, 0.15) is 21.5 Å². The van der Waals surface area contributed by atoms with E-state index in [-0.39, 0.29) is 11.7 Å². The Hall–Kier alpha value is -2.56. The van der Waals surface area contributed by atoms with E-state index in [4.69, 9.17) is 10.5 Å². The molecule has 0 aliphatic heterocycles. The zero-order chi connectivity index (χ0) is 15.6. The lowest BCUT2D eigenvalue weighted by atomic mass is 10.1. The number of hydrogen-bond acceptors (Lipinski definition) is 3. The van der Waals surface area contributed by atoms with Crippen molar-refractivity contribution in [2.24, 2.45) is 0 Å². The molecule has 0 saturated carbocycles. The summed E-state index contributed by atoms with van der Waals surface area (Å²) in [5.74, 6) is -0.799. The highest BCUT2D eigenvalue weighted by molar-refractivity contribution is 6.05. The first-order chi connectivity index (χ1) is 9.92. The molecular weight excluding hydrogens is 271 g/mol. The van der Waals surface area contributed by atoms with Crippen LogP contribution in [0.3, 0.4) is 0 Å². The van der Waals surface area contributed by atoms with Crippen LogP contribution in [-0.4, -0.2) is 13.0 Å². The number of hydrogen-bond donors (Lipinski definition) is 2. The highest BCUT2D eigenvalue weighted by Crippen LogP contribution is 2.25. The lowest BCUT2D eigenvalue weighted by Crippen LogP contribution is -2.14. The van der Waals surface area contributed by atoms with Gasteiger partial charge in [-0.1, -0.05) is 0 Å². The van der Waals surface area contributed by atoms with E-state index in [2.05, 4.69) is 5.32 Å². The molecule has 0 aliphatic rings. The maximum absolute atomic E-state index is 13.4. The minimum Gasteiger partial charge on any atom is -0.494 e. The molecule has 2 rings (SSSR count). The topological polar surface area (TPSA) is 64.3 Å². The molecule has 4 nitrogen and oxygen atoms in total. The smallest absolute Gasteiger partial charge is 0.255 e. The van der Waals surface area contributed by atoms with E-state index < -0.39 is 5.82 Å². The fourth-order valence-corrected chi connectivity index (χ4v) is 2.18. The van der Waals surface area contributed by atoms with Gasteiger partial charge in [-0.2, -0.15) is 0 Å². The third-order valence-corrected chi connectivity index (χ3v) is 3.21. The van der Waals surface area contributed by atoms with E-state index in [1.165, 1.54) is 25.3 Å². The Kier molecular flexibility index (Phi) is 4.12. The summed E-state index contributed by atoms with van der Waals surface area (Å²) in [6, 6.07) is 7.56. The number of anilines is 2. The van der Waals surface area contributed by atoms with Crippen molar-refractivity contribution in [1.82, 2.24) is 0 Å². The van der Waals surface area contributed by atoms with Crippen molar-refractivity contribution < 1.29 is 13.9 Å². The summed E-state index contributed by atoms with van der Waals surface area (Å²) < 4.78 is 18.2. The monoisotopic (exact) mass is 288 g/mol. The van der Waals surface area contributed by atoms with E-state index in [0.29, 0.717) is 16.9 Å². The van der Waals surface area contributed by atoms with Crippen molar-refractivity contribution in [2.75, 3.05) is 18.2 Å². The Labute approximate surface area is 122 Å². The minimum absolute atomic E-state index is 0.0356. The van der Waals surface area contributed by atoms with Crippen LogP contribution in [0.5, 0.6) is 5.75 Å². The fourth-order valence-electron chi connectivity index (χ4n) is 2.18. The van der Waals surface area contributed by atoms with Gasteiger partial charge in [-0.25, -0.2) is 4.39 Å². The molecule has 0 aromatic heterocycles. The van der Waals surface area contributed by atoms with E-state index in [9.17, 15) is 9.18 Å². The average molecular weight is 288 g/mol. The summed E-state index contributed by atoms with van der Waals surface area (Å²) >= 11 is 0. The van der Waals surface area contributed by atoms with Crippen molar-refractivity contribution in [2.45, 2.75) is 13.8 Å². The number of nitrogens with two attached hydrogens (primary N) is 1. The summed E-state index contributed by atoms with van der Waals surface area (Å²) in [5, 5.41) is 2.82. The Morgan fingerprint density at radius 1 is 1.19 bits per heavy atom. The van der Waals surface area contributed by atoms with Crippen molar-refractivity contribution in [3.8, 4) is 5.75 Å². The van der Waals surface area contributed by atoms with Gasteiger partial charge < -0.3 is 15.8 Å². The van der Waals surface area contributed by atoms with Gasteiger partial charge in [-0.05, 0) is 55.3 Å². The highest BCUT2D eigenvalue weighted by atomic mass is 19.1. The van der Waals surface area contributed by atoms with Crippen LogP contribution in [-0.2, 0) is 0 Å². The van der Waals surface area contributed by atoms with Gasteiger partial charge in [0.1, 0.15) is 0 Å². The highest BCUT2D eigenvalue weighted by Gasteiger charge is 2.13. The first-order valence-electron chi connectivity index (χ1n) is 6.44. The van der Waals surface area contributed by atoms with Gasteiger partial charge >= 0.3 is 0 Å². The van der Waals surface area contributed by atoms with Crippen LogP contribution in [0.4, 0.5) is 15.8 Å². The summed E-state index contributed by atoms with van der Waals surface area (Å²) in [5.41, 5.74) is 9.17. The summed E-state index contributed by atoms with van der Waals surface area (Å²) in [6.07, 6.45) is 0. The van der Waals surface area contributed by atoms with E-state index in [1.807, 2.05) is 13.8 Å². The molecule has 2 aromatic rings. The number of halogens is 1. The van der Waals surface area contributed by atoms with Gasteiger partial charge in [0.2, 0.25) is 0 Å². The molecule has 21 heavy (non-hydrogen) atoms. The Morgan fingerprint density at radius 2 is 1.81 bits per heavy atom. The van der Waals surface area contributed by atoms with Crippen LogP contribution in [0, 0.1) is 19.7 Å². The maximum atomic E-state index is 13.4. The van der Waals surface area contributed by atoms with Crippen molar-refractivity contribution in [3.63, 3.8) is 0 Å². The van der Waals surface area contributed by atoms with Gasteiger partial charge in [-0.3, -0.25) is 4.79 Å². The third kappa shape index (κ3) is 3.13. The molecule has 1 amide bonds. The predicted octanol–water partition coefficient (Wildman–Crippen LogP) is 3.29. The zero-order valence-electron chi connectivity index (χ0n) is 12.2. The van der Waals surface area contributed by atoms with Gasteiger partial charge in [-0.15, -0.1) is 0 Å². The standard InChI is InChI=1S/C16H17FN2O2/c1-9-6-12(18)7-10(2)15(9)19-16(20)11-4-5-13(17)14(8-11)21-3/h4-8H,18H2,1-3H3,(H,19,20). The van der Waals surface area contributed by atoms with Crippen molar-refractivity contribution >= 4 is 17.3 Å². The Morgan fingerprint density at radius 3 is 2.38 bits per heavy atom. The van der Waals surface area contributed by atoms with Gasteiger partial charge in [0.25, 0.3) is 5.91 Å². The average Bonchev–Trinajstić information content (AvgIpc) is 2.43. The minimum atomic E-state index is -0.506. The number of ether oxygens (including phenoxy) is 1. The van der Waals surface area contributed by atoms with Crippen LogP contribution < -0.4 is 15.8 Å². The van der Waals surface area contributed by atoms with Gasteiger partial charge in [0.15, 0.2) is 11.6 Å². The SMILES string of the molecule is COc1cc(C(=O)Nc2c(C)cc(N)cc2C)ccc1F. The number of methoxy groups -OCH3 is 1. The fraction of sp³-hybridized carbons (Fsp3) is 0.188. The largest absolute Gasteiger partial charge is 0.494 e. The quantitative estimate of drug-likeness (QED) is 0.852. The lowest BCUT2D eigenvalue weighted by molar-refractivity contribution is 0.102. The number of carbonyl (C=O) groups excluding carboxylic acids is 1. The number of nitrogen functional groups attached to an aromatic ring is 1. The molecule has 3 N–H and O–H groups in total. The summed E-state index contributed by atoms with van der Waals surface area (Å²) in [4.78, 5) is 12.3. The van der Waals surface area contributed by atoms with Crippen molar-refractivity contribution in [1.29, 1.82) is 0 Å². The second kappa shape index (κ2) is 5.83. The number of nitrogens with one attached hydrogen (secondary N) is 1. The van der Waals surface area contributed by atoms with Crippen molar-refractivity contribution in [3.05, 3.63) is 52.8 Å². The number of amides is 1. The zero-order valence-corrected chi connectivity index (χ0v) is 12.2. The lowest BCUT2D eigenvalue weighted by Gasteiger charge is -2.13. The molecule has 110 valence electrons. The summed E-state index contributed by atoms with van der Waals surface area (Å²) in [7, 11) is 1.36. The number of aryl methyl sites for hydroxylation is 2. The molecule has 5 heteroatoms. The van der Waals surface area contributed by atoms with E-state index >= 15 is 0 Å². The van der Waals surface area contributed by atoms with Gasteiger partial charge in [0.05, 0.1) is 7.11 Å². The number of carbonyl (C=O) groups is 1. The van der Waals surface area contributed by atoms with Crippen LogP contribution in [0.2, 0.25) is 0 Å². The van der Waals surface area contributed by atoms with E-state index in [0.717, 1.165) is 11.1 Å². The number of rotatable bonds is 3. The molecule has 2 aromatic carbocycles. The van der Waals surface area contributed by atoms with Crippen LogP contribution in [0.15, 0.2) is 30.3 Å². The second-order valence-electron chi connectivity index (χ2n) is 4.83. The second-order valence-corrected chi connectivity index (χ2v) is 4.83. The predicted molar refractivity (Wildman–Crippen MR) is 81.2 cm³/mol. The first kappa shape index (κ1) is 14.8. The molecule has 0 atom stereocenters. The molecule has 0 heterocycles. The molecule has 0 bridgehead atoms. The van der Waals surface area contributed by atoms with Crippen LogP contribution in [0.25, 0.3) is 0 Å². The Bertz CT molecular complexity index is 676. The molecule has 0 spiro atoms. The van der Waals surface area contributed by atoms with E-state index in [1.54, 1.807) is 12.1 Å².